The number of aryl methyl sites for hydroxylation is 1. The fourth-order valence-electron chi connectivity index (χ4n) is 5.35. The van der Waals surface area contributed by atoms with Crippen molar-refractivity contribution in [3.05, 3.63) is 45.2 Å². The average Bonchev–Trinajstić information content (AvgIpc) is 2.86. The van der Waals surface area contributed by atoms with E-state index in [0.29, 0.717) is 16.5 Å². The van der Waals surface area contributed by atoms with E-state index >= 15 is 0 Å². The van der Waals surface area contributed by atoms with Crippen LogP contribution in [-0.4, -0.2) is 27.5 Å². The van der Waals surface area contributed by atoms with Crippen LogP contribution in [0.3, 0.4) is 0 Å². The lowest BCUT2D eigenvalue weighted by molar-refractivity contribution is -0.383. The number of nitrogens with zero attached hydrogens (tertiary/aromatic N) is 4. The lowest BCUT2D eigenvalue weighted by Gasteiger charge is -2.39. The minimum absolute atomic E-state index is 0.0850. The molecule has 2 atom stereocenters. The first-order valence-corrected chi connectivity index (χ1v) is 10.2. The van der Waals surface area contributed by atoms with Crippen LogP contribution in [0.2, 0.25) is 5.02 Å². The Bertz CT molecular complexity index is 980. The predicted octanol–water partition coefficient (Wildman–Crippen LogP) is 5.50. The monoisotopic (exact) mass is 415 g/mol. The number of nitrogens with one attached hydrogen (secondary N) is 1. The smallest absolute Gasteiger partial charge is 0.347 e. The Morgan fingerprint density at radius 2 is 2.03 bits per heavy atom. The molecule has 7 nitrogen and oxygen atoms in total. The lowest BCUT2D eigenvalue weighted by Crippen LogP contribution is -2.35. The maximum absolute atomic E-state index is 12.0. The van der Waals surface area contributed by atoms with Crippen LogP contribution in [0.1, 0.15) is 45.6 Å². The van der Waals surface area contributed by atoms with Crippen molar-refractivity contribution in [3.8, 4) is 0 Å². The highest BCUT2D eigenvalue weighted by Crippen LogP contribution is 2.54. The topological polar surface area (TPSA) is 84.2 Å². The quantitative estimate of drug-likeness (QED) is 0.524. The number of fused-ring (bicyclic) bond motifs is 2. The Hall–Kier alpha value is -2.41. The van der Waals surface area contributed by atoms with Gasteiger partial charge in [-0.2, -0.15) is 0 Å². The summed E-state index contributed by atoms with van der Waals surface area (Å²) >= 11 is 6.21. The van der Waals surface area contributed by atoms with E-state index in [1.54, 1.807) is 6.07 Å². The molecule has 2 aliphatic rings. The molecule has 1 aliphatic carbocycles. The molecule has 1 saturated carbocycles. The largest absolute Gasteiger partial charge is 0.353 e. The number of rotatable bonds is 4. The zero-order chi connectivity index (χ0) is 21.0. The van der Waals surface area contributed by atoms with Crippen molar-refractivity contribution in [2.24, 2.45) is 10.8 Å². The number of nitro groups is 1. The van der Waals surface area contributed by atoms with Gasteiger partial charge in [-0.15, -0.1) is 0 Å². The minimum atomic E-state index is -0.386. The molecule has 2 bridgehead atoms. The number of aromatic nitrogens is 2. The standard InChI is InChI=1S/C21H26ClN5O2/c1-13-5-6-14(7-16(13)22)25-18-17(27(28)29)19(24-12-23-18)26-11-21(4)9-15(26)8-20(2,3)10-21/h5-7,12,15H,8-11H2,1-4H3,(H,23,24,25). The summed E-state index contributed by atoms with van der Waals surface area (Å²) in [5.74, 6) is 0.586. The fraction of sp³-hybridized carbons (Fsp3) is 0.524. The van der Waals surface area contributed by atoms with Gasteiger partial charge in [-0.1, -0.05) is 38.4 Å². The highest BCUT2D eigenvalue weighted by molar-refractivity contribution is 6.31. The Kier molecular flexibility index (Phi) is 4.69. The summed E-state index contributed by atoms with van der Waals surface area (Å²) in [7, 11) is 0. The number of benzene rings is 1. The second kappa shape index (κ2) is 6.83. The molecular weight excluding hydrogens is 390 g/mol. The van der Waals surface area contributed by atoms with Crippen LogP contribution in [0.15, 0.2) is 24.5 Å². The van der Waals surface area contributed by atoms with Crippen molar-refractivity contribution in [3.63, 3.8) is 0 Å². The van der Waals surface area contributed by atoms with E-state index in [0.717, 1.165) is 31.4 Å². The minimum Gasteiger partial charge on any atom is -0.347 e. The zero-order valence-corrected chi connectivity index (χ0v) is 18.0. The molecule has 1 aliphatic heterocycles. The molecule has 8 heteroatoms. The van der Waals surface area contributed by atoms with Crippen LogP contribution in [0.4, 0.5) is 23.0 Å². The van der Waals surface area contributed by atoms with Gasteiger partial charge in [-0.05, 0) is 54.7 Å². The summed E-state index contributed by atoms with van der Waals surface area (Å²) in [6.45, 7) is 9.52. The molecule has 0 amide bonds. The molecule has 0 spiro atoms. The number of anilines is 3. The molecule has 1 aromatic carbocycles. The molecule has 1 aromatic heterocycles. The highest BCUT2D eigenvalue weighted by Gasteiger charge is 2.51. The molecule has 2 heterocycles. The van der Waals surface area contributed by atoms with Crippen LogP contribution >= 0.6 is 11.6 Å². The number of hydrogen-bond donors (Lipinski definition) is 1. The number of hydrogen-bond acceptors (Lipinski definition) is 6. The summed E-state index contributed by atoms with van der Waals surface area (Å²) < 4.78 is 0. The predicted molar refractivity (Wildman–Crippen MR) is 115 cm³/mol. The third-order valence-electron chi connectivity index (χ3n) is 6.11. The van der Waals surface area contributed by atoms with Crippen molar-refractivity contribution in [2.75, 3.05) is 16.8 Å². The Balaban J connectivity index is 1.73. The van der Waals surface area contributed by atoms with Crippen LogP contribution < -0.4 is 10.2 Å². The number of halogens is 1. The molecular formula is C21H26ClN5O2. The zero-order valence-electron chi connectivity index (χ0n) is 17.2. The molecule has 4 rings (SSSR count). The first-order valence-electron chi connectivity index (χ1n) is 9.86. The summed E-state index contributed by atoms with van der Waals surface area (Å²) in [4.78, 5) is 22.3. The van der Waals surface area contributed by atoms with E-state index in [2.05, 4.69) is 41.0 Å². The van der Waals surface area contributed by atoms with Crippen LogP contribution in [0, 0.1) is 27.9 Å². The van der Waals surface area contributed by atoms with E-state index in [4.69, 9.17) is 11.6 Å². The van der Waals surface area contributed by atoms with Crippen LogP contribution in [-0.2, 0) is 0 Å². The van der Waals surface area contributed by atoms with Gasteiger partial charge < -0.3 is 10.2 Å². The highest BCUT2D eigenvalue weighted by atomic mass is 35.5. The molecule has 2 aromatic rings. The van der Waals surface area contributed by atoms with Gasteiger partial charge in [0.2, 0.25) is 11.6 Å². The van der Waals surface area contributed by atoms with Gasteiger partial charge in [0.05, 0.1) is 4.92 Å². The first-order chi connectivity index (χ1) is 13.6. The van der Waals surface area contributed by atoms with E-state index in [-0.39, 0.29) is 33.3 Å². The second-order valence-electron chi connectivity index (χ2n) is 9.58. The Labute approximate surface area is 175 Å². The summed E-state index contributed by atoms with van der Waals surface area (Å²) in [5, 5.41) is 15.7. The van der Waals surface area contributed by atoms with Crippen LogP contribution in [0.25, 0.3) is 0 Å². The average molecular weight is 416 g/mol. The van der Waals surface area contributed by atoms with Gasteiger partial charge in [0, 0.05) is 23.3 Å². The third-order valence-corrected chi connectivity index (χ3v) is 6.51. The molecule has 154 valence electrons. The van der Waals surface area contributed by atoms with Gasteiger partial charge in [-0.3, -0.25) is 10.1 Å². The van der Waals surface area contributed by atoms with E-state index in [1.165, 1.54) is 6.33 Å². The van der Waals surface area contributed by atoms with Gasteiger partial charge in [0.15, 0.2) is 0 Å². The lowest BCUT2D eigenvalue weighted by atomic mass is 9.65. The maximum Gasteiger partial charge on any atom is 0.353 e. The Morgan fingerprint density at radius 1 is 1.28 bits per heavy atom. The third kappa shape index (κ3) is 3.75. The SMILES string of the molecule is Cc1ccc(Nc2ncnc(N3CC4(C)CC3CC(C)(C)C4)c2[N+](=O)[O-])cc1Cl. The van der Waals surface area contributed by atoms with E-state index < -0.39 is 0 Å². The van der Waals surface area contributed by atoms with Crippen molar-refractivity contribution in [2.45, 2.75) is 53.0 Å². The van der Waals surface area contributed by atoms with Crippen molar-refractivity contribution < 1.29 is 4.92 Å². The molecule has 2 fully saturated rings. The van der Waals surface area contributed by atoms with Gasteiger partial charge >= 0.3 is 5.69 Å². The van der Waals surface area contributed by atoms with E-state index in [9.17, 15) is 10.1 Å². The van der Waals surface area contributed by atoms with E-state index in [1.807, 2.05) is 19.1 Å². The summed E-state index contributed by atoms with van der Waals surface area (Å²) in [5.41, 5.74) is 1.87. The molecule has 0 radical (unpaired) electrons. The van der Waals surface area contributed by atoms with Crippen molar-refractivity contribution in [1.82, 2.24) is 9.97 Å². The van der Waals surface area contributed by atoms with Gasteiger partial charge in [0.25, 0.3) is 0 Å². The maximum atomic E-state index is 12.0. The molecule has 1 N–H and O–H groups in total. The normalized spacial score (nSPS) is 25.1. The molecule has 2 unspecified atom stereocenters. The Morgan fingerprint density at radius 3 is 2.72 bits per heavy atom. The second-order valence-corrected chi connectivity index (χ2v) is 9.99. The fourth-order valence-corrected chi connectivity index (χ4v) is 5.53. The summed E-state index contributed by atoms with van der Waals surface area (Å²) in [6, 6.07) is 5.69. The molecule has 1 saturated heterocycles. The first kappa shape index (κ1) is 19.9. The van der Waals surface area contributed by atoms with Gasteiger partial charge in [-0.25, -0.2) is 9.97 Å². The van der Waals surface area contributed by atoms with Gasteiger partial charge in [0.1, 0.15) is 6.33 Å². The van der Waals surface area contributed by atoms with Crippen molar-refractivity contribution in [1.29, 1.82) is 0 Å². The van der Waals surface area contributed by atoms with Crippen molar-refractivity contribution >= 4 is 34.6 Å². The molecule has 29 heavy (non-hydrogen) atoms. The van der Waals surface area contributed by atoms with Crippen LogP contribution in [0.5, 0.6) is 0 Å². The summed E-state index contributed by atoms with van der Waals surface area (Å²) in [6.07, 6.45) is 4.54.